The van der Waals surface area contributed by atoms with Gasteiger partial charge in [0.2, 0.25) is 0 Å². The molecule has 2 heterocycles. The first-order valence-corrected chi connectivity index (χ1v) is 5.91. The minimum absolute atomic E-state index is 0.00258. The Morgan fingerprint density at radius 1 is 0.941 bits per heavy atom. The Balaban J connectivity index is 2.56. The maximum absolute atomic E-state index is 4.55. The lowest BCUT2D eigenvalue weighted by molar-refractivity contribution is 0.546. The van der Waals surface area contributed by atoms with E-state index in [1.807, 2.05) is 6.20 Å². The van der Waals surface area contributed by atoms with Crippen molar-refractivity contribution in [1.29, 1.82) is 0 Å². The molecule has 0 saturated carbocycles. The van der Waals surface area contributed by atoms with E-state index in [2.05, 4.69) is 61.5 Å². The summed E-state index contributed by atoms with van der Waals surface area (Å²) < 4.78 is 0. The number of rotatable bonds is 0. The number of fused-ring (bicyclic) bond motifs is 1. The Kier molecular flexibility index (Phi) is 2.49. The highest BCUT2D eigenvalue weighted by Gasteiger charge is 2.21. The van der Waals surface area contributed by atoms with E-state index in [-0.39, 0.29) is 10.8 Å². The molecule has 92 valence electrons. The van der Waals surface area contributed by atoms with E-state index in [9.17, 15) is 0 Å². The molecule has 0 atom stereocenters. The van der Waals surface area contributed by atoms with Crippen LogP contribution in [-0.2, 0) is 10.8 Å². The van der Waals surface area contributed by atoms with Crippen LogP contribution < -0.4 is 0 Å². The highest BCUT2D eigenvalue weighted by Crippen LogP contribution is 2.23. The maximum Gasteiger partial charge on any atom is 0.181 e. The summed E-state index contributed by atoms with van der Waals surface area (Å²) in [4.78, 5) is 16.7. The average Bonchev–Trinajstić information content (AvgIpc) is 2.57. The van der Waals surface area contributed by atoms with Gasteiger partial charge in [0.25, 0.3) is 0 Å². The van der Waals surface area contributed by atoms with E-state index in [4.69, 9.17) is 0 Å². The number of H-pyrrole nitrogens is 1. The van der Waals surface area contributed by atoms with Crippen LogP contribution in [0.4, 0.5) is 0 Å². The second-order valence-electron chi connectivity index (χ2n) is 6.52. The van der Waals surface area contributed by atoms with Gasteiger partial charge in [-0.1, -0.05) is 41.5 Å². The molecule has 0 aliphatic heterocycles. The zero-order valence-corrected chi connectivity index (χ0v) is 11.4. The van der Waals surface area contributed by atoms with Crippen LogP contribution in [0.15, 0.2) is 6.20 Å². The average molecular weight is 232 g/mol. The summed E-state index contributed by atoms with van der Waals surface area (Å²) in [5, 5.41) is 0. The van der Waals surface area contributed by atoms with Crippen molar-refractivity contribution >= 4 is 11.2 Å². The number of aromatic nitrogens is 4. The van der Waals surface area contributed by atoms with Crippen LogP contribution in [0, 0.1) is 0 Å². The molecule has 2 aromatic rings. The molecule has 0 aliphatic rings. The standard InChI is InChI=1S/C13H20N4/c1-12(2,3)10-14-7-8-9(16-10)17-11(15-8)13(4,5)6/h7H,1-6H3,(H,14,15,16,17). The molecule has 0 aliphatic carbocycles. The Hall–Kier alpha value is -1.45. The van der Waals surface area contributed by atoms with E-state index >= 15 is 0 Å². The van der Waals surface area contributed by atoms with Gasteiger partial charge in [-0.15, -0.1) is 0 Å². The predicted octanol–water partition coefficient (Wildman–Crippen LogP) is 2.95. The summed E-state index contributed by atoms with van der Waals surface area (Å²) >= 11 is 0. The zero-order valence-electron chi connectivity index (χ0n) is 11.4. The Bertz CT molecular complexity index is 529. The molecule has 0 amide bonds. The lowest BCUT2D eigenvalue weighted by Gasteiger charge is -2.15. The number of nitrogens with one attached hydrogen (secondary N) is 1. The fourth-order valence-corrected chi connectivity index (χ4v) is 1.52. The monoisotopic (exact) mass is 232 g/mol. The van der Waals surface area contributed by atoms with E-state index in [0.717, 1.165) is 22.8 Å². The fourth-order valence-electron chi connectivity index (χ4n) is 1.52. The molecule has 0 bridgehead atoms. The lowest BCUT2D eigenvalue weighted by Crippen LogP contribution is -2.15. The molecule has 4 heteroatoms. The van der Waals surface area contributed by atoms with Gasteiger partial charge in [-0.3, -0.25) is 0 Å². The van der Waals surface area contributed by atoms with Gasteiger partial charge in [0.1, 0.15) is 17.2 Å². The fraction of sp³-hybridized carbons (Fsp3) is 0.615. The van der Waals surface area contributed by atoms with Crippen molar-refractivity contribution in [2.45, 2.75) is 52.4 Å². The van der Waals surface area contributed by atoms with Gasteiger partial charge in [-0.25, -0.2) is 15.0 Å². The largest absolute Gasteiger partial charge is 0.339 e. The van der Waals surface area contributed by atoms with Crippen molar-refractivity contribution in [2.75, 3.05) is 0 Å². The summed E-state index contributed by atoms with van der Waals surface area (Å²) in [6.07, 6.45) is 1.82. The van der Waals surface area contributed by atoms with Crippen LogP contribution in [0.1, 0.15) is 53.2 Å². The number of imidazole rings is 1. The van der Waals surface area contributed by atoms with Crippen LogP contribution in [0.2, 0.25) is 0 Å². The minimum Gasteiger partial charge on any atom is -0.339 e. The molecular formula is C13H20N4. The highest BCUT2D eigenvalue weighted by molar-refractivity contribution is 5.69. The Morgan fingerprint density at radius 2 is 1.59 bits per heavy atom. The van der Waals surface area contributed by atoms with Crippen LogP contribution >= 0.6 is 0 Å². The molecule has 0 radical (unpaired) electrons. The first-order valence-electron chi connectivity index (χ1n) is 5.91. The summed E-state index contributed by atoms with van der Waals surface area (Å²) in [6.45, 7) is 12.7. The Labute approximate surface area is 102 Å². The molecule has 0 aromatic carbocycles. The number of nitrogens with zero attached hydrogens (tertiary/aromatic N) is 3. The maximum atomic E-state index is 4.55. The van der Waals surface area contributed by atoms with Crippen molar-refractivity contribution in [3.8, 4) is 0 Å². The third kappa shape index (κ3) is 2.30. The van der Waals surface area contributed by atoms with Gasteiger partial charge in [0.15, 0.2) is 5.65 Å². The molecule has 0 unspecified atom stereocenters. The van der Waals surface area contributed by atoms with Crippen molar-refractivity contribution in [3.05, 3.63) is 17.8 Å². The second-order valence-corrected chi connectivity index (χ2v) is 6.52. The van der Waals surface area contributed by atoms with Crippen molar-refractivity contribution in [2.24, 2.45) is 0 Å². The van der Waals surface area contributed by atoms with Crippen molar-refractivity contribution in [3.63, 3.8) is 0 Å². The van der Waals surface area contributed by atoms with Crippen molar-refractivity contribution in [1.82, 2.24) is 19.9 Å². The smallest absolute Gasteiger partial charge is 0.181 e. The van der Waals surface area contributed by atoms with Gasteiger partial charge < -0.3 is 4.98 Å². The highest BCUT2D eigenvalue weighted by atomic mass is 15.0. The van der Waals surface area contributed by atoms with Crippen LogP contribution in [0.5, 0.6) is 0 Å². The van der Waals surface area contributed by atoms with E-state index in [1.54, 1.807) is 0 Å². The predicted molar refractivity (Wildman–Crippen MR) is 69.1 cm³/mol. The molecule has 2 rings (SSSR count). The topological polar surface area (TPSA) is 54.5 Å². The van der Waals surface area contributed by atoms with Crippen LogP contribution in [-0.4, -0.2) is 19.9 Å². The van der Waals surface area contributed by atoms with Gasteiger partial charge in [-0.2, -0.15) is 0 Å². The summed E-state index contributed by atoms with van der Waals surface area (Å²) in [5.74, 6) is 1.78. The first kappa shape index (κ1) is 12.0. The van der Waals surface area contributed by atoms with E-state index in [0.29, 0.717) is 0 Å². The molecule has 1 N–H and O–H groups in total. The zero-order chi connectivity index (χ0) is 12.8. The second kappa shape index (κ2) is 3.52. The van der Waals surface area contributed by atoms with Crippen LogP contribution in [0.3, 0.4) is 0 Å². The number of hydrogen-bond donors (Lipinski definition) is 1. The summed E-state index contributed by atoms with van der Waals surface area (Å²) in [6, 6.07) is 0. The summed E-state index contributed by atoms with van der Waals surface area (Å²) in [7, 11) is 0. The van der Waals surface area contributed by atoms with E-state index < -0.39 is 0 Å². The van der Waals surface area contributed by atoms with Gasteiger partial charge in [0.05, 0.1) is 6.20 Å². The van der Waals surface area contributed by atoms with Gasteiger partial charge in [0, 0.05) is 10.8 Å². The molecule has 0 fully saturated rings. The van der Waals surface area contributed by atoms with Gasteiger partial charge >= 0.3 is 0 Å². The molecule has 2 aromatic heterocycles. The first-order chi connectivity index (χ1) is 7.68. The third-order valence-corrected chi connectivity index (χ3v) is 2.62. The molecule has 0 saturated heterocycles. The normalized spacial score (nSPS) is 13.3. The van der Waals surface area contributed by atoms with Gasteiger partial charge in [-0.05, 0) is 0 Å². The van der Waals surface area contributed by atoms with Crippen LogP contribution in [0.25, 0.3) is 11.2 Å². The quantitative estimate of drug-likeness (QED) is 0.759. The minimum atomic E-state index is -0.0466. The number of aromatic amines is 1. The summed E-state index contributed by atoms with van der Waals surface area (Å²) in [5.41, 5.74) is 1.62. The SMILES string of the molecule is CC(C)(C)c1ncc2[nH]c(C(C)(C)C)nc2n1. The molecule has 17 heavy (non-hydrogen) atoms. The molecular weight excluding hydrogens is 212 g/mol. The van der Waals surface area contributed by atoms with E-state index in [1.165, 1.54) is 0 Å². The molecule has 0 spiro atoms. The lowest BCUT2D eigenvalue weighted by atomic mass is 9.96. The third-order valence-electron chi connectivity index (χ3n) is 2.62. The number of hydrogen-bond acceptors (Lipinski definition) is 3. The van der Waals surface area contributed by atoms with Crippen molar-refractivity contribution < 1.29 is 0 Å². The molecule has 4 nitrogen and oxygen atoms in total. The Morgan fingerprint density at radius 3 is 2.12 bits per heavy atom.